The maximum atomic E-state index is 12.0. The standard InChI is InChI=1S/C13H24N4O3/c1-14-12(19)8-17-4-2-9(3-5-17)16-13(20)11-6-10(18)7-15-11/h9-11,15,18H,2-8H2,1H3,(H,14,19)(H,16,20). The normalized spacial score (nSPS) is 28.3. The summed E-state index contributed by atoms with van der Waals surface area (Å²) in [6, 6.07) is -0.100. The van der Waals surface area contributed by atoms with Crippen LogP contribution in [0.15, 0.2) is 0 Å². The number of β-amino-alcohol motifs (C(OH)–C–C–N with tert-alkyl or cyclic N) is 1. The molecule has 0 aliphatic carbocycles. The molecule has 0 radical (unpaired) electrons. The molecule has 0 aromatic rings. The molecule has 2 unspecified atom stereocenters. The molecule has 0 aromatic carbocycles. The van der Waals surface area contributed by atoms with Crippen molar-refractivity contribution in [3.63, 3.8) is 0 Å². The lowest BCUT2D eigenvalue weighted by molar-refractivity contribution is -0.125. The molecular formula is C13H24N4O3. The fraction of sp³-hybridized carbons (Fsp3) is 0.846. The van der Waals surface area contributed by atoms with Crippen molar-refractivity contribution in [1.29, 1.82) is 0 Å². The fourth-order valence-electron chi connectivity index (χ4n) is 2.74. The number of hydrogen-bond donors (Lipinski definition) is 4. The highest BCUT2D eigenvalue weighted by Crippen LogP contribution is 2.12. The molecular weight excluding hydrogens is 260 g/mol. The Kier molecular flexibility index (Phi) is 5.33. The van der Waals surface area contributed by atoms with E-state index in [1.165, 1.54) is 0 Å². The molecule has 2 fully saturated rings. The summed E-state index contributed by atoms with van der Waals surface area (Å²) in [6.07, 6.45) is 1.79. The predicted molar refractivity (Wildman–Crippen MR) is 74.1 cm³/mol. The van der Waals surface area contributed by atoms with Gasteiger partial charge in [-0.3, -0.25) is 14.5 Å². The lowest BCUT2D eigenvalue weighted by atomic mass is 10.0. The first-order valence-corrected chi connectivity index (χ1v) is 7.23. The van der Waals surface area contributed by atoms with Crippen LogP contribution in [0.3, 0.4) is 0 Å². The minimum atomic E-state index is -0.417. The van der Waals surface area contributed by atoms with Crippen LogP contribution >= 0.6 is 0 Å². The van der Waals surface area contributed by atoms with Crippen molar-refractivity contribution in [2.45, 2.75) is 37.5 Å². The van der Waals surface area contributed by atoms with Crippen LogP contribution in [0, 0.1) is 0 Å². The summed E-state index contributed by atoms with van der Waals surface area (Å²) in [4.78, 5) is 25.4. The Morgan fingerprint density at radius 3 is 2.60 bits per heavy atom. The first kappa shape index (κ1) is 15.2. The predicted octanol–water partition coefficient (Wildman–Crippen LogP) is -1.96. The maximum absolute atomic E-state index is 12.0. The minimum absolute atomic E-state index is 0.0219. The summed E-state index contributed by atoms with van der Waals surface area (Å²) >= 11 is 0. The van der Waals surface area contributed by atoms with Gasteiger partial charge in [-0.15, -0.1) is 0 Å². The molecule has 0 saturated carbocycles. The Balaban J connectivity index is 1.69. The number of carbonyl (C=O) groups excluding carboxylic acids is 2. The zero-order valence-electron chi connectivity index (χ0n) is 11.9. The highest BCUT2D eigenvalue weighted by atomic mass is 16.3. The van der Waals surface area contributed by atoms with Gasteiger partial charge in [0, 0.05) is 32.7 Å². The van der Waals surface area contributed by atoms with Gasteiger partial charge < -0.3 is 21.1 Å². The van der Waals surface area contributed by atoms with Crippen molar-refractivity contribution in [2.24, 2.45) is 0 Å². The van der Waals surface area contributed by atoms with E-state index in [-0.39, 0.29) is 23.9 Å². The molecule has 2 rings (SSSR count). The lowest BCUT2D eigenvalue weighted by Gasteiger charge is -2.32. The number of carbonyl (C=O) groups is 2. The maximum Gasteiger partial charge on any atom is 0.237 e. The first-order chi connectivity index (χ1) is 9.58. The Bertz CT molecular complexity index is 356. The molecule has 0 bridgehead atoms. The number of amides is 2. The van der Waals surface area contributed by atoms with Crippen LogP contribution in [0.2, 0.25) is 0 Å². The van der Waals surface area contributed by atoms with Gasteiger partial charge in [-0.25, -0.2) is 0 Å². The van der Waals surface area contributed by atoms with Crippen LogP contribution in [0.25, 0.3) is 0 Å². The summed E-state index contributed by atoms with van der Waals surface area (Å²) in [7, 11) is 1.64. The Hall–Kier alpha value is -1.18. The van der Waals surface area contributed by atoms with Gasteiger partial charge in [-0.1, -0.05) is 0 Å². The third-order valence-electron chi connectivity index (χ3n) is 4.00. The molecule has 2 heterocycles. The van der Waals surface area contributed by atoms with Gasteiger partial charge in [0.25, 0.3) is 0 Å². The van der Waals surface area contributed by atoms with Crippen molar-refractivity contribution in [1.82, 2.24) is 20.9 Å². The van der Waals surface area contributed by atoms with E-state index in [9.17, 15) is 14.7 Å². The van der Waals surface area contributed by atoms with E-state index in [4.69, 9.17) is 0 Å². The van der Waals surface area contributed by atoms with Gasteiger partial charge in [-0.05, 0) is 19.3 Å². The largest absolute Gasteiger partial charge is 0.392 e. The van der Waals surface area contributed by atoms with Gasteiger partial charge in [0.1, 0.15) is 0 Å². The van der Waals surface area contributed by atoms with Gasteiger partial charge in [-0.2, -0.15) is 0 Å². The Morgan fingerprint density at radius 1 is 1.35 bits per heavy atom. The van der Waals surface area contributed by atoms with Gasteiger partial charge in [0.05, 0.1) is 18.7 Å². The summed E-state index contributed by atoms with van der Waals surface area (Å²) in [5.41, 5.74) is 0. The fourth-order valence-corrected chi connectivity index (χ4v) is 2.74. The number of likely N-dealkylation sites (N-methyl/N-ethyl adjacent to an activating group) is 1. The van der Waals surface area contributed by atoms with Crippen molar-refractivity contribution >= 4 is 11.8 Å². The number of aliphatic hydroxyl groups is 1. The Morgan fingerprint density at radius 2 is 2.05 bits per heavy atom. The van der Waals surface area contributed by atoms with Crippen LogP contribution in [0.4, 0.5) is 0 Å². The zero-order chi connectivity index (χ0) is 14.5. The third kappa shape index (κ3) is 4.16. The van der Waals surface area contributed by atoms with Crippen molar-refractivity contribution in [3.8, 4) is 0 Å². The van der Waals surface area contributed by atoms with Gasteiger partial charge >= 0.3 is 0 Å². The molecule has 7 nitrogen and oxygen atoms in total. The van der Waals surface area contributed by atoms with Crippen LogP contribution in [0.5, 0.6) is 0 Å². The highest BCUT2D eigenvalue weighted by molar-refractivity contribution is 5.82. The average Bonchev–Trinajstić information content (AvgIpc) is 2.87. The second kappa shape index (κ2) is 7.01. The topological polar surface area (TPSA) is 93.7 Å². The van der Waals surface area contributed by atoms with E-state index < -0.39 is 6.10 Å². The molecule has 2 aliphatic rings. The van der Waals surface area contributed by atoms with Crippen molar-refractivity contribution in [2.75, 3.05) is 33.2 Å². The van der Waals surface area contributed by atoms with Crippen molar-refractivity contribution in [3.05, 3.63) is 0 Å². The van der Waals surface area contributed by atoms with Crippen LogP contribution in [-0.4, -0.2) is 73.2 Å². The molecule has 0 aromatic heterocycles. The molecule has 4 N–H and O–H groups in total. The number of likely N-dealkylation sites (tertiary alicyclic amines) is 1. The second-order valence-electron chi connectivity index (χ2n) is 5.58. The number of nitrogens with zero attached hydrogens (tertiary/aromatic N) is 1. The number of nitrogens with one attached hydrogen (secondary N) is 3. The lowest BCUT2D eigenvalue weighted by Crippen LogP contribution is -2.50. The summed E-state index contributed by atoms with van der Waals surface area (Å²) in [6.45, 7) is 2.55. The minimum Gasteiger partial charge on any atom is -0.392 e. The molecule has 2 amide bonds. The summed E-state index contributed by atoms with van der Waals surface area (Å²) in [5.74, 6) is 0.00271. The van der Waals surface area contributed by atoms with Crippen LogP contribution < -0.4 is 16.0 Å². The van der Waals surface area contributed by atoms with E-state index in [0.717, 1.165) is 25.9 Å². The number of piperidine rings is 1. The number of aliphatic hydroxyl groups excluding tert-OH is 1. The molecule has 7 heteroatoms. The van der Waals surface area contributed by atoms with Crippen LogP contribution in [-0.2, 0) is 9.59 Å². The van der Waals surface area contributed by atoms with E-state index in [0.29, 0.717) is 19.5 Å². The smallest absolute Gasteiger partial charge is 0.237 e. The highest BCUT2D eigenvalue weighted by Gasteiger charge is 2.30. The summed E-state index contributed by atoms with van der Waals surface area (Å²) < 4.78 is 0. The number of hydrogen-bond acceptors (Lipinski definition) is 5. The molecule has 2 aliphatic heterocycles. The number of rotatable bonds is 4. The molecule has 114 valence electrons. The average molecular weight is 284 g/mol. The van der Waals surface area contributed by atoms with E-state index >= 15 is 0 Å². The van der Waals surface area contributed by atoms with E-state index in [2.05, 4.69) is 20.9 Å². The molecule has 2 saturated heterocycles. The van der Waals surface area contributed by atoms with E-state index in [1.54, 1.807) is 7.05 Å². The third-order valence-corrected chi connectivity index (χ3v) is 4.00. The second-order valence-corrected chi connectivity index (χ2v) is 5.58. The quantitative estimate of drug-likeness (QED) is 0.481. The monoisotopic (exact) mass is 284 g/mol. The molecule has 20 heavy (non-hydrogen) atoms. The Labute approximate surface area is 119 Å². The SMILES string of the molecule is CNC(=O)CN1CCC(NC(=O)C2CC(O)CN2)CC1. The summed E-state index contributed by atoms with van der Waals surface area (Å²) in [5, 5.41) is 18.1. The molecule has 0 spiro atoms. The van der Waals surface area contributed by atoms with Crippen molar-refractivity contribution < 1.29 is 14.7 Å². The van der Waals surface area contributed by atoms with Gasteiger partial charge in [0.15, 0.2) is 0 Å². The van der Waals surface area contributed by atoms with E-state index in [1.807, 2.05) is 0 Å². The first-order valence-electron chi connectivity index (χ1n) is 7.23. The zero-order valence-corrected chi connectivity index (χ0v) is 11.9. The molecule has 2 atom stereocenters. The van der Waals surface area contributed by atoms with Gasteiger partial charge in [0.2, 0.25) is 11.8 Å². The van der Waals surface area contributed by atoms with Crippen LogP contribution in [0.1, 0.15) is 19.3 Å².